The third-order valence-electron chi connectivity index (χ3n) is 3.98. The Bertz CT molecular complexity index is 676. The van der Waals surface area contributed by atoms with Gasteiger partial charge in [-0.05, 0) is 55.3 Å². The zero-order chi connectivity index (χ0) is 15.9. The summed E-state index contributed by atoms with van der Waals surface area (Å²) < 4.78 is 0. The molecule has 0 bridgehead atoms. The van der Waals surface area contributed by atoms with Gasteiger partial charge in [-0.2, -0.15) is 0 Å². The number of hydrogen-bond acceptors (Lipinski definition) is 3. The molecule has 0 saturated carbocycles. The second-order valence-corrected chi connectivity index (χ2v) is 5.75. The van der Waals surface area contributed by atoms with Crippen molar-refractivity contribution >= 4 is 17.7 Å². The third-order valence-corrected chi connectivity index (χ3v) is 3.98. The summed E-state index contributed by atoms with van der Waals surface area (Å²) in [5.74, 6) is -0.122. The van der Waals surface area contributed by atoms with E-state index in [4.69, 9.17) is 0 Å². The molecule has 0 radical (unpaired) electrons. The van der Waals surface area contributed by atoms with Crippen molar-refractivity contribution in [1.82, 2.24) is 9.88 Å². The van der Waals surface area contributed by atoms with E-state index in [0.717, 1.165) is 36.4 Å². The van der Waals surface area contributed by atoms with Crippen LogP contribution in [0.15, 0.2) is 54.9 Å². The molecule has 2 heterocycles. The lowest BCUT2D eigenvalue weighted by Crippen LogP contribution is -2.20. The first-order valence-electron chi connectivity index (χ1n) is 8.00. The van der Waals surface area contributed by atoms with E-state index >= 15 is 0 Å². The average molecular weight is 307 g/mol. The van der Waals surface area contributed by atoms with Crippen molar-refractivity contribution in [3.63, 3.8) is 0 Å². The summed E-state index contributed by atoms with van der Waals surface area (Å²) in [7, 11) is 0. The maximum absolute atomic E-state index is 12.1. The Morgan fingerprint density at radius 3 is 2.78 bits per heavy atom. The number of amides is 1. The zero-order valence-corrected chi connectivity index (χ0v) is 13.1. The standard InChI is InChI=1S/C19H21N3O/c23-19(10-9-16-6-5-11-20-14-16)21-18-8-2-1-7-17(18)15-22-12-3-4-13-22/h1-2,5-11,14H,3-4,12-13,15H2,(H,21,23)/b10-9+. The fraction of sp³-hybridized carbons (Fsp3) is 0.263. The molecule has 1 amide bonds. The Morgan fingerprint density at radius 2 is 2.00 bits per heavy atom. The maximum Gasteiger partial charge on any atom is 0.248 e. The first kappa shape index (κ1) is 15.4. The predicted molar refractivity (Wildman–Crippen MR) is 92.9 cm³/mol. The van der Waals surface area contributed by atoms with E-state index < -0.39 is 0 Å². The lowest BCUT2D eigenvalue weighted by molar-refractivity contribution is -0.111. The number of anilines is 1. The molecule has 0 unspecified atom stereocenters. The molecule has 1 aliphatic rings. The molecule has 2 aromatic rings. The van der Waals surface area contributed by atoms with Gasteiger partial charge in [0.05, 0.1) is 0 Å². The summed E-state index contributed by atoms with van der Waals surface area (Å²) in [6.07, 6.45) is 9.29. The largest absolute Gasteiger partial charge is 0.322 e. The van der Waals surface area contributed by atoms with Gasteiger partial charge in [-0.3, -0.25) is 14.7 Å². The number of benzene rings is 1. The van der Waals surface area contributed by atoms with Crippen molar-refractivity contribution in [3.05, 3.63) is 66.0 Å². The predicted octanol–water partition coefficient (Wildman–Crippen LogP) is 3.33. The van der Waals surface area contributed by atoms with Gasteiger partial charge in [0.1, 0.15) is 0 Å². The number of pyridine rings is 1. The lowest BCUT2D eigenvalue weighted by Gasteiger charge is -2.17. The summed E-state index contributed by atoms with van der Waals surface area (Å²) in [4.78, 5) is 18.6. The number of rotatable bonds is 5. The summed E-state index contributed by atoms with van der Waals surface area (Å²) in [5, 5.41) is 2.98. The molecule has 1 aromatic heterocycles. The quantitative estimate of drug-likeness (QED) is 0.862. The second kappa shape index (κ2) is 7.70. The number of carbonyl (C=O) groups excluding carboxylic acids is 1. The number of hydrogen-bond donors (Lipinski definition) is 1. The van der Waals surface area contributed by atoms with Gasteiger partial charge in [0.2, 0.25) is 5.91 Å². The number of aromatic nitrogens is 1. The molecule has 1 aliphatic heterocycles. The van der Waals surface area contributed by atoms with Crippen molar-refractivity contribution in [2.24, 2.45) is 0 Å². The molecule has 23 heavy (non-hydrogen) atoms. The van der Waals surface area contributed by atoms with E-state index in [2.05, 4.69) is 21.3 Å². The van der Waals surface area contributed by atoms with E-state index in [1.54, 1.807) is 24.5 Å². The van der Waals surface area contributed by atoms with Gasteiger partial charge in [-0.25, -0.2) is 0 Å². The zero-order valence-electron chi connectivity index (χ0n) is 13.1. The molecule has 0 aliphatic carbocycles. The summed E-state index contributed by atoms with van der Waals surface area (Å²) in [5.41, 5.74) is 2.96. The van der Waals surface area contributed by atoms with Gasteiger partial charge in [-0.15, -0.1) is 0 Å². The van der Waals surface area contributed by atoms with Crippen molar-refractivity contribution in [3.8, 4) is 0 Å². The Morgan fingerprint density at radius 1 is 1.17 bits per heavy atom. The van der Waals surface area contributed by atoms with Crippen LogP contribution in [-0.4, -0.2) is 28.9 Å². The van der Waals surface area contributed by atoms with Crippen LogP contribution >= 0.6 is 0 Å². The summed E-state index contributed by atoms with van der Waals surface area (Å²) >= 11 is 0. The molecule has 1 N–H and O–H groups in total. The second-order valence-electron chi connectivity index (χ2n) is 5.75. The maximum atomic E-state index is 12.1. The Labute approximate surface area is 136 Å². The average Bonchev–Trinajstić information content (AvgIpc) is 3.09. The summed E-state index contributed by atoms with van der Waals surface area (Å²) in [6, 6.07) is 11.8. The van der Waals surface area contributed by atoms with Crippen LogP contribution in [0.4, 0.5) is 5.69 Å². The van der Waals surface area contributed by atoms with Crippen LogP contribution in [0.3, 0.4) is 0 Å². The highest BCUT2D eigenvalue weighted by atomic mass is 16.1. The van der Waals surface area contributed by atoms with Crippen LogP contribution in [0, 0.1) is 0 Å². The number of nitrogens with zero attached hydrogens (tertiary/aromatic N) is 2. The number of nitrogens with one attached hydrogen (secondary N) is 1. The van der Waals surface area contributed by atoms with Gasteiger partial charge >= 0.3 is 0 Å². The van der Waals surface area contributed by atoms with Gasteiger partial charge in [-0.1, -0.05) is 24.3 Å². The lowest BCUT2D eigenvalue weighted by atomic mass is 10.1. The molecule has 0 atom stereocenters. The Hall–Kier alpha value is -2.46. The third kappa shape index (κ3) is 4.50. The fourth-order valence-corrected chi connectivity index (χ4v) is 2.78. The fourth-order valence-electron chi connectivity index (χ4n) is 2.78. The molecule has 1 saturated heterocycles. The number of likely N-dealkylation sites (tertiary alicyclic amines) is 1. The molecule has 4 heteroatoms. The van der Waals surface area contributed by atoms with E-state index in [9.17, 15) is 4.79 Å². The first-order valence-corrected chi connectivity index (χ1v) is 8.00. The van der Waals surface area contributed by atoms with Crippen molar-refractivity contribution in [2.75, 3.05) is 18.4 Å². The smallest absolute Gasteiger partial charge is 0.248 e. The van der Waals surface area contributed by atoms with Gasteiger partial charge in [0, 0.05) is 30.7 Å². The first-order chi connectivity index (χ1) is 11.3. The molecular formula is C19H21N3O. The normalized spacial score (nSPS) is 15.1. The van der Waals surface area contributed by atoms with Crippen molar-refractivity contribution in [2.45, 2.75) is 19.4 Å². The van der Waals surface area contributed by atoms with Crippen LogP contribution in [0.25, 0.3) is 6.08 Å². The highest BCUT2D eigenvalue weighted by Gasteiger charge is 2.13. The molecule has 4 nitrogen and oxygen atoms in total. The van der Waals surface area contributed by atoms with Crippen LogP contribution < -0.4 is 5.32 Å². The van der Waals surface area contributed by atoms with Crippen molar-refractivity contribution in [1.29, 1.82) is 0 Å². The molecule has 0 spiro atoms. The topological polar surface area (TPSA) is 45.2 Å². The van der Waals surface area contributed by atoms with Crippen LogP contribution in [0.5, 0.6) is 0 Å². The molecule has 1 aromatic carbocycles. The van der Waals surface area contributed by atoms with Crippen LogP contribution in [0.1, 0.15) is 24.0 Å². The summed E-state index contributed by atoms with van der Waals surface area (Å²) in [6.45, 7) is 3.18. The molecular weight excluding hydrogens is 286 g/mol. The Balaban J connectivity index is 1.65. The van der Waals surface area contributed by atoms with E-state index in [1.165, 1.54) is 12.8 Å². The van der Waals surface area contributed by atoms with Gasteiger partial charge in [0.15, 0.2) is 0 Å². The molecule has 118 valence electrons. The van der Waals surface area contributed by atoms with E-state index in [0.29, 0.717) is 0 Å². The minimum Gasteiger partial charge on any atom is -0.322 e. The van der Waals surface area contributed by atoms with Crippen molar-refractivity contribution < 1.29 is 4.79 Å². The van der Waals surface area contributed by atoms with E-state index in [-0.39, 0.29) is 5.91 Å². The van der Waals surface area contributed by atoms with Crippen LogP contribution in [-0.2, 0) is 11.3 Å². The monoisotopic (exact) mass is 307 g/mol. The number of para-hydroxylation sites is 1. The molecule has 3 rings (SSSR count). The van der Waals surface area contributed by atoms with Gasteiger partial charge < -0.3 is 5.32 Å². The highest BCUT2D eigenvalue weighted by molar-refractivity contribution is 6.02. The SMILES string of the molecule is O=C(/C=C/c1cccnc1)Nc1ccccc1CN1CCCC1. The molecule has 1 fully saturated rings. The van der Waals surface area contributed by atoms with Gasteiger partial charge in [0.25, 0.3) is 0 Å². The number of carbonyl (C=O) groups is 1. The minimum absolute atomic E-state index is 0.122. The Kier molecular flexibility index (Phi) is 5.17. The van der Waals surface area contributed by atoms with E-state index in [1.807, 2.05) is 30.3 Å². The minimum atomic E-state index is -0.122. The van der Waals surface area contributed by atoms with Crippen LogP contribution in [0.2, 0.25) is 0 Å². The highest BCUT2D eigenvalue weighted by Crippen LogP contribution is 2.20.